The molecule has 2 aromatic carbocycles. The zero-order chi connectivity index (χ0) is 20.4. The topological polar surface area (TPSA) is 93.0 Å². The largest absolute Gasteiger partial charge is 0.293 e. The van der Waals surface area contributed by atoms with Crippen LogP contribution in [0.1, 0.15) is 32.7 Å². The molecule has 1 N–H and O–H groups in total. The van der Waals surface area contributed by atoms with Crippen molar-refractivity contribution in [3.63, 3.8) is 0 Å². The van der Waals surface area contributed by atoms with E-state index in [0.717, 1.165) is 16.7 Å². The normalized spacial score (nSPS) is 11.1. The van der Waals surface area contributed by atoms with E-state index in [4.69, 9.17) is 0 Å². The summed E-state index contributed by atoms with van der Waals surface area (Å²) in [5, 5.41) is 12.9. The second-order valence-corrected chi connectivity index (χ2v) is 7.80. The second-order valence-electron chi connectivity index (χ2n) is 6.86. The Morgan fingerprint density at radius 1 is 1.00 bits per heavy atom. The van der Waals surface area contributed by atoms with E-state index < -0.39 is 0 Å². The number of nitrogens with one attached hydrogen (secondary N) is 1. The maximum atomic E-state index is 12.4. The van der Waals surface area contributed by atoms with E-state index in [2.05, 4.69) is 20.3 Å². The van der Waals surface area contributed by atoms with Gasteiger partial charge in [-0.25, -0.2) is 0 Å². The van der Waals surface area contributed by atoms with E-state index in [1.807, 2.05) is 62.4 Å². The first-order valence-corrected chi connectivity index (χ1v) is 10.1. The molecule has 146 valence electrons. The van der Waals surface area contributed by atoms with Crippen LogP contribution in [0.15, 0.2) is 58.5 Å². The molecule has 0 spiro atoms. The van der Waals surface area contributed by atoms with Crippen molar-refractivity contribution in [1.82, 2.24) is 24.8 Å². The van der Waals surface area contributed by atoms with Crippen LogP contribution in [0.4, 0.5) is 0 Å². The van der Waals surface area contributed by atoms with Crippen molar-refractivity contribution in [2.45, 2.75) is 25.4 Å². The maximum Gasteiger partial charge on any atom is 0.274 e. The molecule has 0 saturated carbocycles. The van der Waals surface area contributed by atoms with E-state index in [0.29, 0.717) is 22.8 Å². The highest BCUT2D eigenvalue weighted by Gasteiger charge is 2.14. The molecule has 2 aromatic heterocycles. The molecule has 29 heavy (non-hydrogen) atoms. The van der Waals surface area contributed by atoms with E-state index in [1.54, 1.807) is 0 Å². The van der Waals surface area contributed by atoms with Crippen molar-refractivity contribution in [1.29, 1.82) is 0 Å². The summed E-state index contributed by atoms with van der Waals surface area (Å²) >= 11 is 1.24. The predicted molar refractivity (Wildman–Crippen MR) is 112 cm³/mol. The maximum absolute atomic E-state index is 12.4. The zero-order valence-corrected chi connectivity index (χ0v) is 16.9. The van der Waals surface area contributed by atoms with Crippen molar-refractivity contribution in [3.8, 4) is 0 Å². The Kier molecular flexibility index (Phi) is 5.26. The van der Waals surface area contributed by atoms with Crippen LogP contribution in [0, 0.1) is 13.8 Å². The molecule has 0 saturated heterocycles. The Hall–Kier alpha value is -3.26. The molecule has 0 aliphatic heterocycles. The van der Waals surface area contributed by atoms with Crippen molar-refractivity contribution < 1.29 is 4.79 Å². The van der Waals surface area contributed by atoms with E-state index in [9.17, 15) is 9.59 Å². The summed E-state index contributed by atoms with van der Waals surface area (Å²) in [6, 6.07) is 15.4. The monoisotopic (exact) mass is 405 g/mol. The number of benzene rings is 2. The fourth-order valence-corrected chi connectivity index (χ4v) is 3.61. The van der Waals surface area contributed by atoms with Gasteiger partial charge in [0.1, 0.15) is 5.69 Å². The van der Waals surface area contributed by atoms with Crippen molar-refractivity contribution in [3.05, 3.63) is 86.8 Å². The van der Waals surface area contributed by atoms with Gasteiger partial charge < -0.3 is 0 Å². The van der Waals surface area contributed by atoms with Crippen molar-refractivity contribution in [2.24, 2.45) is 0 Å². The molecule has 7 nitrogen and oxygen atoms in total. The first-order chi connectivity index (χ1) is 14.0. The molecule has 2 heterocycles. The lowest BCUT2D eigenvalue weighted by Crippen LogP contribution is -2.19. The summed E-state index contributed by atoms with van der Waals surface area (Å²) in [7, 11) is 0. The third-order valence-electron chi connectivity index (χ3n) is 4.52. The lowest BCUT2D eigenvalue weighted by Gasteiger charge is -2.04. The number of thioether (sulfide) groups is 1. The number of carbonyl (C=O) groups excluding carboxylic acids is 1. The average Bonchev–Trinajstić information content (AvgIpc) is 3.10. The first-order valence-electron chi connectivity index (χ1n) is 9.12. The van der Waals surface area contributed by atoms with Gasteiger partial charge in [-0.15, -0.1) is 10.2 Å². The number of aromatic nitrogens is 5. The molecule has 0 atom stereocenters. The summed E-state index contributed by atoms with van der Waals surface area (Å²) in [6.07, 6.45) is 0.399. The highest BCUT2D eigenvalue weighted by atomic mass is 32.2. The molecule has 0 amide bonds. The molecule has 4 rings (SSSR count). The number of carbonyl (C=O) groups is 1. The highest BCUT2D eigenvalue weighted by Crippen LogP contribution is 2.17. The quantitative estimate of drug-likeness (QED) is 0.392. The highest BCUT2D eigenvalue weighted by molar-refractivity contribution is 7.99. The molecule has 0 unspecified atom stereocenters. The van der Waals surface area contributed by atoms with Crippen LogP contribution < -0.4 is 5.56 Å². The van der Waals surface area contributed by atoms with Gasteiger partial charge in [0, 0.05) is 12.0 Å². The van der Waals surface area contributed by atoms with Crippen LogP contribution in [0.2, 0.25) is 0 Å². The van der Waals surface area contributed by atoms with Crippen LogP contribution in [0.25, 0.3) is 5.78 Å². The molecule has 0 bridgehead atoms. The Balaban J connectivity index is 1.55. The molecule has 0 radical (unpaired) electrons. The number of nitrogens with zero attached hydrogens (tertiary/aromatic N) is 4. The first kappa shape index (κ1) is 19.1. The number of H-pyrrole nitrogens is 1. The molecular formula is C21H19N5O2S. The summed E-state index contributed by atoms with van der Waals surface area (Å²) in [5.74, 6) is 0.460. The van der Waals surface area contributed by atoms with E-state index in [-0.39, 0.29) is 22.9 Å². The Labute approximate surface area is 171 Å². The summed E-state index contributed by atoms with van der Waals surface area (Å²) in [5.41, 5.74) is 3.97. The van der Waals surface area contributed by atoms with Crippen molar-refractivity contribution >= 4 is 23.3 Å². The third kappa shape index (κ3) is 4.27. The van der Waals surface area contributed by atoms with Crippen LogP contribution >= 0.6 is 11.8 Å². The Morgan fingerprint density at radius 3 is 2.34 bits per heavy atom. The van der Waals surface area contributed by atoms with Crippen LogP contribution in [0.5, 0.6) is 0 Å². The van der Waals surface area contributed by atoms with Gasteiger partial charge in [0.25, 0.3) is 11.3 Å². The SMILES string of the molecule is Cc1ccc(Cc2nn3c(SCC(=O)c4ccc(C)cc4)nnc3[nH]c2=O)cc1. The molecular weight excluding hydrogens is 386 g/mol. The summed E-state index contributed by atoms with van der Waals surface area (Å²) < 4.78 is 1.48. The molecule has 0 aliphatic rings. The number of Topliss-reactive ketones (excluding diaryl/α,β-unsaturated/α-hetero) is 1. The lowest BCUT2D eigenvalue weighted by atomic mass is 10.1. The third-order valence-corrected chi connectivity index (χ3v) is 5.44. The lowest BCUT2D eigenvalue weighted by molar-refractivity contribution is 0.102. The minimum atomic E-state index is -0.294. The molecule has 4 aromatic rings. The molecule has 8 heteroatoms. The molecule has 0 fully saturated rings. The number of hydrogen-bond donors (Lipinski definition) is 1. The summed E-state index contributed by atoms with van der Waals surface area (Å²) in [6.45, 7) is 3.99. The predicted octanol–water partition coefficient (Wildman–Crippen LogP) is 3.00. The smallest absolute Gasteiger partial charge is 0.274 e. The van der Waals surface area contributed by atoms with Gasteiger partial charge in [0.05, 0.1) is 5.75 Å². The van der Waals surface area contributed by atoms with E-state index >= 15 is 0 Å². The summed E-state index contributed by atoms with van der Waals surface area (Å²) in [4.78, 5) is 27.5. The van der Waals surface area contributed by atoms with Crippen LogP contribution in [-0.4, -0.2) is 36.3 Å². The van der Waals surface area contributed by atoms with E-state index in [1.165, 1.54) is 16.3 Å². The fourth-order valence-electron chi connectivity index (χ4n) is 2.83. The average molecular weight is 405 g/mol. The minimum Gasteiger partial charge on any atom is -0.293 e. The second kappa shape index (κ2) is 8.00. The van der Waals surface area contributed by atoms with Gasteiger partial charge in [0.2, 0.25) is 5.16 Å². The zero-order valence-electron chi connectivity index (χ0n) is 16.0. The Bertz CT molecular complexity index is 1230. The Morgan fingerprint density at radius 2 is 1.66 bits per heavy atom. The van der Waals surface area contributed by atoms with Gasteiger partial charge in [-0.3, -0.25) is 14.6 Å². The standard InChI is InChI=1S/C21H19N5O2S/c1-13-3-7-15(8-4-13)11-17-19(28)22-20-23-24-21(26(20)25-17)29-12-18(27)16-9-5-14(2)6-10-16/h3-10H,11-12H2,1-2H3,(H,22,23,28). The number of rotatable bonds is 6. The number of fused-ring (bicyclic) bond motifs is 1. The number of aromatic amines is 1. The van der Waals surface area contributed by atoms with Crippen molar-refractivity contribution in [2.75, 3.05) is 5.75 Å². The minimum absolute atomic E-state index is 0.00365. The van der Waals surface area contributed by atoms with Gasteiger partial charge in [-0.05, 0) is 19.4 Å². The fraction of sp³-hybridized carbons (Fsp3) is 0.190. The van der Waals surface area contributed by atoms with Gasteiger partial charge in [-0.1, -0.05) is 71.4 Å². The molecule has 0 aliphatic carbocycles. The van der Waals surface area contributed by atoms with Gasteiger partial charge in [-0.2, -0.15) is 9.61 Å². The number of ketones is 1. The van der Waals surface area contributed by atoms with Crippen LogP contribution in [0.3, 0.4) is 0 Å². The van der Waals surface area contributed by atoms with Crippen LogP contribution in [-0.2, 0) is 6.42 Å². The van der Waals surface area contributed by atoms with Gasteiger partial charge in [0.15, 0.2) is 5.78 Å². The number of hydrogen-bond acceptors (Lipinski definition) is 6. The number of aryl methyl sites for hydroxylation is 2. The van der Waals surface area contributed by atoms with Gasteiger partial charge >= 0.3 is 0 Å².